The molecule has 0 spiro atoms. The molecule has 2 atom stereocenters. The molecule has 0 radical (unpaired) electrons. The van der Waals surface area contributed by atoms with Crippen LogP contribution in [0.25, 0.3) is 10.9 Å². The molecule has 3 heterocycles. The molecule has 5 rings (SSSR count). The Morgan fingerprint density at radius 3 is 2.79 bits per heavy atom. The monoisotopic (exact) mass is 575 g/mol. The third-order valence-electron chi connectivity index (χ3n) is 7.31. The molecule has 218 valence electrons. The topological polar surface area (TPSA) is 104 Å². The fourth-order valence-electron chi connectivity index (χ4n) is 4.95. The molecule has 1 amide bonds. The van der Waals surface area contributed by atoms with Gasteiger partial charge in [0.2, 0.25) is 0 Å². The Morgan fingerprint density at radius 1 is 1.17 bits per heavy atom. The van der Waals surface area contributed by atoms with Crippen LogP contribution in [0.4, 0.5) is 8.78 Å². The minimum atomic E-state index is -1.43. The second-order valence-corrected chi connectivity index (χ2v) is 10.0. The van der Waals surface area contributed by atoms with Gasteiger partial charge < -0.3 is 29.9 Å². The van der Waals surface area contributed by atoms with Crippen LogP contribution in [0.3, 0.4) is 0 Å². The third kappa shape index (κ3) is 6.77. The summed E-state index contributed by atoms with van der Waals surface area (Å²) in [6.07, 6.45) is 6.69. The number of amides is 1. The number of carbonyl (C=O) groups is 1. The van der Waals surface area contributed by atoms with Crippen LogP contribution in [0.1, 0.15) is 30.0 Å². The van der Waals surface area contributed by atoms with Gasteiger partial charge in [-0.2, -0.15) is 0 Å². The number of aliphatic hydroxyl groups excluding tert-OH is 2. The highest BCUT2D eigenvalue weighted by molar-refractivity contribution is 5.95. The number of aliphatic hydroxyl groups is 2. The number of rotatable bonds is 8. The number of hydrogen-bond donors (Lipinski definition) is 3. The van der Waals surface area contributed by atoms with Crippen LogP contribution in [0.2, 0.25) is 0 Å². The number of nitrogens with one attached hydrogen (secondary N) is 1. The molecule has 3 aromatic rings. The highest BCUT2D eigenvalue weighted by Gasteiger charge is 2.31. The maximum absolute atomic E-state index is 13.8. The zero-order chi connectivity index (χ0) is 29.5. The fourth-order valence-corrected chi connectivity index (χ4v) is 4.95. The molecule has 2 aromatic carbocycles. The van der Waals surface area contributed by atoms with Gasteiger partial charge in [0.25, 0.3) is 5.91 Å². The molecule has 0 aliphatic carbocycles. The van der Waals surface area contributed by atoms with Crippen molar-refractivity contribution in [1.29, 1.82) is 0 Å². The molecule has 2 unspecified atom stereocenters. The van der Waals surface area contributed by atoms with E-state index in [1.165, 1.54) is 29.3 Å². The largest absolute Gasteiger partial charge is 0.493 e. The number of carbonyl (C=O) groups excluding carboxylic acids is 1. The van der Waals surface area contributed by atoms with Crippen LogP contribution in [-0.2, 0) is 9.53 Å². The summed E-state index contributed by atoms with van der Waals surface area (Å²) in [5, 5.41) is 24.3. The van der Waals surface area contributed by atoms with E-state index in [4.69, 9.17) is 9.47 Å². The van der Waals surface area contributed by atoms with E-state index in [2.05, 4.69) is 22.1 Å². The lowest BCUT2D eigenvalue weighted by Crippen LogP contribution is -2.43. The van der Waals surface area contributed by atoms with Crippen molar-refractivity contribution in [1.82, 2.24) is 15.2 Å². The van der Waals surface area contributed by atoms with Gasteiger partial charge in [-0.3, -0.25) is 9.78 Å². The number of aromatic nitrogens is 1. The number of hydrogen-bond acceptors (Lipinski definition) is 7. The molecule has 8 nitrogen and oxygen atoms in total. The summed E-state index contributed by atoms with van der Waals surface area (Å²) in [5.41, 5.74) is 1.78. The molecule has 1 fully saturated rings. The third-order valence-corrected chi connectivity index (χ3v) is 7.31. The maximum Gasteiger partial charge on any atom is 0.252 e. The highest BCUT2D eigenvalue weighted by atomic mass is 19.2. The number of halogens is 2. The van der Waals surface area contributed by atoms with Gasteiger partial charge in [0.1, 0.15) is 5.75 Å². The molecule has 0 saturated carbocycles. The predicted molar refractivity (Wildman–Crippen MR) is 152 cm³/mol. The summed E-state index contributed by atoms with van der Waals surface area (Å²) in [7, 11) is 0. The van der Waals surface area contributed by atoms with Crippen LogP contribution in [0.15, 0.2) is 72.6 Å². The van der Waals surface area contributed by atoms with Crippen LogP contribution in [-0.4, -0.2) is 65.2 Å². The van der Waals surface area contributed by atoms with E-state index in [9.17, 15) is 23.8 Å². The number of ether oxygens (including phenoxy) is 2. The first-order chi connectivity index (χ1) is 20.4. The lowest BCUT2D eigenvalue weighted by molar-refractivity contribution is -0.119. The van der Waals surface area contributed by atoms with E-state index in [0.717, 1.165) is 60.4 Å². The van der Waals surface area contributed by atoms with E-state index < -0.39 is 36.4 Å². The number of fused-ring (bicyclic) bond motifs is 1. The summed E-state index contributed by atoms with van der Waals surface area (Å²) in [6.45, 7) is 1.63. The molecule has 3 N–H and O–H groups in total. The zero-order valence-electron chi connectivity index (χ0n) is 22.8. The first-order valence-corrected chi connectivity index (χ1v) is 13.7. The molecule has 10 heteroatoms. The summed E-state index contributed by atoms with van der Waals surface area (Å²) in [5.74, 6) is 4.50. The van der Waals surface area contributed by atoms with Gasteiger partial charge in [-0.1, -0.05) is 17.9 Å². The van der Waals surface area contributed by atoms with E-state index >= 15 is 0 Å². The van der Waals surface area contributed by atoms with Gasteiger partial charge in [0.05, 0.1) is 36.9 Å². The standard InChI is InChI=1S/C32H31F2N3O5/c33-26-7-6-23(18-27(26)34)29(19-38)37-14-2-4-24(32(37)40)31(39)36-12-1-3-21-5-8-28-25(17-21)30(9-13-35-28)42-20-22-10-15-41-16-11-22/h2,4-9,13-14,17-18,22,29,32,38,40H,10-12,15-16,19-20H2,(H,36,39). The number of pyridine rings is 1. The van der Waals surface area contributed by atoms with Gasteiger partial charge in [-0.25, -0.2) is 8.78 Å². The molecular weight excluding hydrogens is 544 g/mol. The Kier molecular flexibility index (Phi) is 9.44. The van der Waals surface area contributed by atoms with Crippen molar-refractivity contribution in [2.75, 3.05) is 33.0 Å². The van der Waals surface area contributed by atoms with E-state index in [0.29, 0.717) is 12.5 Å². The molecule has 1 saturated heterocycles. The van der Waals surface area contributed by atoms with E-state index in [1.54, 1.807) is 6.20 Å². The predicted octanol–water partition coefficient (Wildman–Crippen LogP) is 3.59. The Hall–Kier alpha value is -4.30. The van der Waals surface area contributed by atoms with Crippen LogP contribution in [0.5, 0.6) is 5.75 Å². The number of benzene rings is 2. The highest BCUT2D eigenvalue weighted by Crippen LogP contribution is 2.29. The van der Waals surface area contributed by atoms with Crippen LogP contribution >= 0.6 is 0 Å². The Morgan fingerprint density at radius 2 is 2.00 bits per heavy atom. The molecule has 2 aliphatic rings. The van der Waals surface area contributed by atoms with E-state index in [1.807, 2.05) is 24.3 Å². The molecular formula is C32H31F2N3O5. The fraction of sp³-hybridized carbons (Fsp3) is 0.312. The summed E-state index contributed by atoms with van der Waals surface area (Å²) in [6, 6.07) is 9.77. The summed E-state index contributed by atoms with van der Waals surface area (Å²) >= 11 is 0. The molecule has 2 aliphatic heterocycles. The van der Waals surface area contributed by atoms with Gasteiger partial charge in [0.15, 0.2) is 17.9 Å². The minimum absolute atomic E-state index is 0.0113. The molecule has 0 bridgehead atoms. The molecule has 42 heavy (non-hydrogen) atoms. The van der Waals surface area contributed by atoms with Gasteiger partial charge in [0, 0.05) is 36.6 Å². The van der Waals surface area contributed by atoms with Crippen molar-refractivity contribution < 1.29 is 33.3 Å². The normalized spacial score (nSPS) is 17.8. The van der Waals surface area contributed by atoms with Crippen LogP contribution < -0.4 is 10.1 Å². The van der Waals surface area contributed by atoms with E-state index in [-0.39, 0.29) is 17.7 Å². The van der Waals surface area contributed by atoms with Gasteiger partial charge in [-0.15, -0.1) is 0 Å². The van der Waals surface area contributed by atoms with Gasteiger partial charge >= 0.3 is 0 Å². The summed E-state index contributed by atoms with van der Waals surface area (Å²) in [4.78, 5) is 18.6. The van der Waals surface area contributed by atoms with Crippen molar-refractivity contribution in [3.63, 3.8) is 0 Å². The SMILES string of the molecule is O=C(NCC#Cc1ccc2nccc(OCC3CCOCC3)c2c1)C1=CC=CN(C(CO)c2ccc(F)c(F)c2)C1O. The second kappa shape index (κ2) is 13.6. The van der Waals surface area contributed by atoms with Crippen molar-refractivity contribution in [3.05, 3.63) is 95.3 Å². The van der Waals surface area contributed by atoms with Crippen molar-refractivity contribution in [2.45, 2.75) is 25.1 Å². The van der Waals surface area contributed by atoms with Crippen molar-refractivity contribution in [3.8, 4) is 17.6 Å². The average molecular weight is 576 g/mol. The quantitative estimate of drug-likeness (QED) is 0.353. The maximum atomic E-state index is 13.8. The van der Waals surface area contributed by atoms with Crippen molar-refractivity contribution in [2.24, 2.45) is 5.92 Å². The molecule has 1 aromatic heterocycles. The number of allylic oxidation sites excluding steroid dienone is 2. The first-order valence-electron chi connectivity index (χ1n) is 13.7. The second-order valence-electron chi connectivity index (χ2n) is 10.0. The number of nitrogens with zero attached hydrogens (tertiary/aromatic N) is 2. The van der Waals surface area contributed by atoms with Gasteiger partial charge in [-0.05, 0) is 72.9 Å². The first kappa shape index (κ1) is 29.2. The minimum Gasteiger partial charge on any atom is -0.493 e. The lowest BCUT2D eigenvalue weighted by Gasteiger charge is -2.36. The lowest BCUT2D eigenvalue weighted by atomic mass is 10.0. The average Bonchev–Trinajstić information content (AvgIpc) is 3.01. The van der Waals surface area contributed by atoms with Crippen LogP contribution in [0, 0.1) is 29.4 Å². The Labute approximate surface area is 242 Å². The zero-order valence-corrected chi connectivity index (χ0v) is 22.8. The smallest absolute Gasteiger partial charge is 0.252 e. The van der Waals surface area contributed by atoms with Crippen molar-refractivity contribution >= 4 is 16.8 Å². The Balaban J connectivity index is 1.21. The summed E-state index contributed by atoms with van der Waals surface area (Å²) < 4.78 is 38.7. The Bertz CT molecular complexity index is 1560.